The molecule has 1 aromatic carbocycles. The van der Waals surface area contributed by atoms with Crippen molar-refractivity contribution in [3.8, 4) is 17.2 Å². The van der Waals surface area contributed by atoms with Crippen LogP contribution in [-0.2, 0) is 4.74 Å². The van der Waals surface area contributed by atoms with E-state index in [1.165, 1.54) is 6.07 Å². The van der Waals surface area contributed by atoms with Crippen LogP contribution in [0.2, 0.25) is 0 Å². The smallest absolute Gasteiger partial charge is 0.284 e. The van der Waals surface area contributed by atoms with Crippen LogP contribution in [0.5, 0.6) is 0 Å². The number of nitrogens with two attached hydrogens (primary N) is 1. The Kier molecular flexibility index (Phi) is 4.44. The maximum absolute atomic E-state index is 11.6. The number of aromatic nitrogens is 4. The lowest BCUT2D eigenvalue weighted by atomic mass is 10.1. The van der Waals surface area contributed by atoms with Crippen molar-refractivity contribution in [3.05, 3.63) is 53.9 Å². The van der Waals surface area contributed by atoms with Gasteiger partial charge in [-0.15, -0.1) is 0 Å². The van der Waals surface area contributed by atoms with Crippen molar-refractivity contribution in [2.45, 2.75) is 6.92 Å². The van der Waals surface area contributed by atoms with Gasteiger partial charge >= 0.3 is 0 Å². The molecule has 1 saturated heterocycles. The van der Waals surface area contributed by atoms with E-state index in [2.05, 4.69) is 21.0 Å². The molecular formula is C21H20N6O3. The second-order valence-corrected chi connectivity index (χ2v) is 7.15. The molecule has 0 atom stereocenters. The highest BCUT2D eigenvalue weighted by Crippen LogP contribution is 2.29. The number of hydrogen-bond acceptors (Lipinski definition) is 7. The highest BCUT2D eigenvalue weighted by molar-refractivity contribution is 5.96. The lowest BCUT2D eigenvalue weighted by Crippen LogP contribution is -2.37. The topological polar surface area (TPSA) is 112 Å². The minimum Gasteiger partial charge on any atom is -0.445 e. The molecule has 30 heavy (non-hydrogen) atoms. The summed E-state index contributed by atoms with van der Waals surface area (Å²) >= 11 is 0. The quantitative estimate of drug-likeness (QED) is 0.555. The van der Waals surface area contributed by atoms with E-state index in [0.29, 0.717) is 49.2 Å². The van der Waals surface area contributed by atoms with Crippen LogP contribution in [0.15, 0.2) is 47.0 Å². The van der Waals surface area contributed by atoms with Crippen molar-refractivity contribution in [1.82, 2.24) is 19.7 Å². The van der Waals surface area contributed by atoms with Crippen LogP contribution >= 0.6 is 0 Å². The predicted molar refractivity (Wildman–Crippen MR) is 111 cm³/mol. The van der Waals surface area contributed by atoms with E-state index in [-0.39, 0.29) is 5.76 Å². The van der Waals surface area contributed by atoms with Gasteiger partial charge in [0.15, 0.2) is 17.2 Å². The molecular weight excluding hydrogens is 384 g/mol. The number of benzene rings is 1. The first kappa shape index (κ1) is 18.3. The molecule has 0 unspecified atom stereocenters. The largest absolute Gasteiger partial charge is 0.445 e. The molecule has 5 rings (SSSR count). The van der Waals surface area contributed by atoms with Gasteiger partial charge in [0.1, 0.15) is 5.52 Å². The number of anilines is 1. The van der Waals surface area contributed by atoms with Crippen LogP contribution in [0.4, 0.5) is 5.82 Å². The standard InChI is InChI=1S/C21H20N6O3/c1-13-3-2-4-14(11-13)15-5-6-27(25-15)21-23-16-12-17(19(22)28)30-18(16)20(24-21)26-7-9-29-10-8-26/h2-6,11-12H,7-10H2,1H3,(H2,22,28). The van der Waals surface area contributed by atoms with Gasteiger partial charge in [0, 0.05) is 30.9 Å². The Hall–Kier alpha value is -3.72. The second-order valence-electron chi connectivity index (χ2n) is 7.15. The van der Waals surface area contributed by atoms with Crippen molar-refractivity contribution in [2.75, 3.05) is 31.2 Å². The number of nitrogens with zero attached hydrogens (tertiary/aromatic N) is 5. The number of carbonyl (C=O) groups excluding carboxylic acids is 1. The number of fused-ring (bicyclic) bond motifs is 1. The summed E-state index contributed by atoms with van der Waals surface area (Å²) in [5.41, 5.74) is 9.33. The molecule has 152 valence electrons. The fraction of sp³-hybridized carbons (Fsp3) is 0.238. The van der Waals surface area contributed by atoms with Gasteiger partial charge in [-0.25, -0.2) is 9.67 Å². The first-order chi connectivity index (χ1) is 14.6. The number of aryl methyl sites for hydroxylation is 1. The van der Waals surface area contributed by atoms with Crippen LogP contribution in [0.3, 0.4) is 0 Å². The van der Waals surface area contributed by atoms with Crippen molar-refractivity contribution in [1.29, 1.82) is 0 Å². The van der Waals surface area contributed by atoms with E-state index < -0.39 is 5.91 Å². The third-order valence-electron chi connectivity index (χ3n) is 5.00. The first-order valence-electron chi connectivity index (χ1n) is 9.66. The van der Waals surface area contributed by atoms with Gasteiger partial charge in [-0.05, 0) is 19.1 Å². The van der Waals surface area contributed by atoms with Gasteiger partial charge in [-0.2, -0.15) is 10.1 Å². The number of morpholine rings is 1. The average molecular weight is 404 g/mol. The molecule has 9 heteroatoms. The Morgan fingerprint density at radius 1 is 1.13 bits per heavy atom. The van der Waals surface area contributed by atoms with Gasteiger partial charge in [-0.1, -0.05) is 23.8 Å². The molecule has 1 amide bonds. The molecule has 3 aromatic heterocycles. The van der Waals surface area contributed by atoms with Gasteiger partial charge in [0.05, 0.1) is 18.9 Å². The molecule has 4 heterocycles. The number of amides is 1. The molecule has 0 aliphatic carbocycles. The Morgan fingerprint density at radius 3 is 2.73 bits per heavy atom. The highest BCUT2D eigenvalue weighted by atomic mass is 16.5. The van der Waals surface area contributed by atoms with Crippen molar-refractivity contribution in [2.24, 2.45) is 5.73 Å². The third kappa shape index (κ3) is 3.29. The Morgan fingerprint density at radius 2 is 1.97 bits per heavy atom. The zero-order valence-electron chi connectivity index (χ0n) is 16.4. The summed E-state index contributed by atoms with van der Waals surface area (Å²) < 4.78 is 12.7. The maximum atomic E-state index is 11.6. The van der Waals surface area contributed by atoms with Gasteiger partial charge in [0.25, 0.3) is 11.9 Å². The van der Waals surface area contributed by atoms with E-state index in [0.717, 1.165) is 16.8 Å². The summed E-state index contributed by atoms with van der Waals surface area (Å²) in [4.78, 5) is 22.9. The Balaban J connectivity index is 1.61. The van der Waals surface area contributed by atoms with Crippen LogP contribution in [0.1, 0.15) is 16.1 Å². The van der Waals surface area contributed by atoms with Crippen LogP contribution < -0.4 is 10.6 Å². The number of carbonyl (C=O) groups is 1. The molecule has 0 radical (unpaired) electrons. The Labute approximate surface area is 172 Å². The second kappa shape index (κ2) is 7.27. The number of ether oxygens (including phenoxy) is 1. The minimum atomic E-state index is -0.650. The number of rotatable bonds is 4. The zero-order chi connectivity index (χ0) is 20.7. The van der Waals surface area contributed by atoms with Crippen LogP contribution in [-0.4, -0.2) is 52.0 Å². The summed E-state index contributed by atoms with van der Waals surface area (Å²) in [5, 5.41) is 4.65. The highest BCUT2D eigenvalue weighted by Gasteiger charge is 2.23. The van der Waals surface area contributed by atoms with E-state index in [1.54, 1.807) is 4.68 Å². The summed E-state index contributed by atoms with van der Waals surface area (Å²) in [6.07, 6.45) is 1.82. The molecule has 2 N–H and O–H groups in total. The van der Waals surface area contributed by atoms with Gasteiger partial charge in [-0.3, -0.25) is 4.79 Å². The van der Waals surface area contributed by atoms with Gasteiger partial charge in [0.2, 0.25) is 0 Å². The van der Waals surface area contributed by atoms with Crippen LogP contribution in [0, 0.1) is 6.92 Å². The number of primary amides is 1. The van der Waals surface area contributed by atoms with Crippen molar-refractivity contribution in [3.63, 3.8) is 0 Å². The summed E-state index contributed by atoms with van der Waals surface area (Å²) in [6.45, 7) is 4.53. The van der Waals surface area contributed by atoms with E-state index in [9.17, 15) is 4.79 Å². The predicted octanol–water partition coefficient (Wildman–Crippen LogP) is 2.32. The fourth-order valence-corrected chi connectivity index (χ4v) is 3.51. The SMILES string of the molecule is Cc1cccc(-c2ccn(-c3nc(N4CCOCC4)c4oc(C(N)=O)cc4n3)n2)c1. The summed E-state index contributed by atoms with van der Waals surface area (Å²) in [6, 6.07) is 11.6. The maximum Gasteiger partial charge on any atom is 0.284 e. The molecule has 9 nitrogen and oxygen atoms in total. The molecule has 0 spiro atoms. The molecule has 1 aliphatic rings. The normalized spacial score (nSPS) is 14.4. The first-order valence-corrected chi connectivity index (χ1v) is 9.66. The third-order valence-corrected chi connectivity index (χ3v) is 5.00. The van der Waals surface area contributed by atoms with Crippen LogP contribution in [0.25, 0.3) is 28.3 Å². The summed E-state index contributed by atoms with van der Waals surface area (Å²) in [7, 11) is 0. The zero-order valence-corrected chi connectivity index (χ0v) is 16.4. The van der Waals surface area contributed by atoms with E-state index >= 15 is 0 Å². The van der Waals surface area contributed by atoms with Gasteiger partial charge < -0.3 is 19.8 Å². The van der Waals surface area contributed by atoms with E-state index in [1.807, 2.05) is 37.4 Å². The lowest BCUT2D eigenvalue weighted by Gasteiger charge is -2.27. The molecule has 0 saturated carbocycles. The average Bonchev–Trinajstić information content (AvgIpc) is 3.41. The van der Waals surface area contributed by atoms with Crippen molar-refractivity contribution >= 4 is 22.8 Å². The summed E-state index contributed by atoms with van der Waals surface area (Å²) in [5.74, 6) is 0.383. The number of hydrogen-bond donors (Lipinski definition) is 1. The van der Waals surface area contributed by atoms with Crippen molar-refractivity contribution < 1.29 is 13.9 Å². The monoisotopic (exact) mass is 404 g/mol. The minimum absolute atomic E-state index is 0.0480. The number of furan rings is 1. The molecule has 1 aliphatic heterocycles. The lowest BCUT2D eigenvalue weighted by molar-refractivity contribution is 0.0976. The molecule has 1 fully saturated rings. The Bertz CT molecular complexity index is 1240. The molecule has 4 aromatic rings. The van der Waals surface area contributed by atoms with E-state index in [4.69, 9.17) is 19.9 Å². The fourth-order valence-electron chi connectivity index (χ4n) is 3.51. The molecule has 0 bridgehead atoms.